The summed E-state index contributed by atoms with van der Waals surface area (Å²) in [4.78, 5) is 24.1. The smallest absolute Gasteiger partial charge is 0.312 e. The standard InChI is InChI=1S/C15H22O3/c1-9-7-11(14(17)18-4)10-5-6-15(2,3)8-12(10)13(9)16/h7,10-12H,5-6,8H2,1-4H3/t10-,11-,12?/m1/s1. The molecule has 1 fully saturated rings. The molecule has 0 spiro atoms. The lowest BCUT2D eigenvalue weighted by Crippen LogP contribution is -2.43. The number of ether oxygens (including phenoxy) is 1. The quantitative estimate of drug-likeness (QED) is 0.672. The highest BCUT2D eigenvalue weighted by Gasteiger charge is 2.46. The molecule has 0 heterocycles. The first-order valence-electron chi connectivity index (χ1n) is 6.66. The monoisotopic (exact) mass is 250 g/mol. The molecule has 0 aromatic carbocycles. The van der Waals surface area contributed by atoms with Gasteiger partial charge in [0.2, 0.25) is 0 Å². The molecule has 18 heavy (non-hydrogen) atoms. The van der Waals surface area contributed by atoms with E-state index < -0.39 is 0 Å². The Balaban J connectivity index is 2.32. The largest absolute Gasteiger partial charge is 0.469 e. The van der Waals surface area contributed by atoms with Crippen LogP contribution in [0.4, 0.5) is 0 Å². The second-order valence-electron chi connectivity index (χ2n) is 6.44. The highest BCUT2D eigenvalue weighted by atomic mass is 16.5. The van der Waals surface area contributed by atoms with Gasteiger partial charge in [-0.05, 0) is 43.1 Å². The zero-order valence-corrected chi connectivity index (χ0v) is 11.7. The van der Waals surface area contributed by atoms with Crippen LogP contribution in [0.25, 0.3) is 0 Å². The molecular weight excluding hydrogens is 228 g/mol. The van der Waals surface area contributed by atoms with Crippen LogP contribution in [0.5, 0.6) is 0 Å². The van der Waals surface area contributed by atoms with E-state index in [1.54, 1.807) is 0 Å². The molecule has 0 aliphatic heterocycles. The van der Waals surface area contributed by atoms with E-state index in [1.807, 2.05) is 13.0 Å². The van der Waals surface area contributed by atoms with Gasteiger partial charge in [0.05, 0.1) is 13.0 Å². The van der Waals surface area contributed by atoms with Crippen molar-refractivity contribution in [3.63, 3.8) is 0 Å². The Bertz CT molecular complexity index is 406. The van der Waals surface area contributed by atoms with Gasteiger partial charge in [-0.25, -0.2) is 0 Å². The third-order valence-corrected chi connectivity index (χ3v) is 4.53. The maximum atomic E-state index is 12.3. The van der Waals surface area contributed by atoms with E-state index in [4.69, 9.17) is 4.74 Å². The zero-order chi connectivity index (χ0) is 13.5. The number of allylic oxidation sites excluding steroid dienone is 1. The minimum atomic E-state index is -0.228. The van der Waals surface area contributed by atoms with Crippen LogP contribution in [-0.2, 0) is 14.3 Å². The number of methoxy groups -OCH3 is 1. The molecule has 3 heteroatoms. The lowest BCUT2D eigenvalue weighted by Gasteiger charge is -2.44. The summed E-state index contributed by atoms with van der Waals surface area (Å²) >= 11 is 0. The second kappa shape index (κ2) is 4.52. The Hall–Kier alpha value is -1.12. The fraction of sp³-hybridized carbons (Fsp3) is 0.733. The van der Waals surface area contributed by atoms with Crippen molar-refractivity contribution in [3.05, 3.63) is 11.6 Å². The highest BCUT2D eigenvalue weighted by Crippen LogP contribution is 2.48. The van der Waals surface area contributed by atoms with Gasteiger partial charge >= 0.3 is 5.97 Å². The molecule has 3 nitrogen and oxygen atoms in total. The van der Waals surface area contributed by atoms with E-state index in [2.05, 4.69) is 13.8 Å². The number of ketones is 1. The topological polar surface area (TPSA) is 43.4 Å². The Kier molecular flexibility index (Phi) is 3.35. The van der Waals surface area contributed by atoms with Crippen LogP contribution in [0.15, 0.2) is 11.6 Å². The summed E-state index contributed by atoms with van der Waals surface area (Å²) < 4.78 is 4.88. The minimum Gasteiger partial charge on any atom is -0.469 e. The lowest BCUT2D eigenvalue weighted by molar-refractivity contribution is -0.148. The van der Waals surface area contributed by atoms with Crippen LogP contribution in [0.1, 0.15) is 40.0 Å². The number of esters is 1. The zero-order valence-electron chi connectivity index (χ0n) is 11.7. The summed E-state index contributed by atoms with van der Waals surface area (Å²) in [7, 11) is 1.42. The third kappa shape index (κ3) is 2.23. The van der Waals surface area contributed by atoms with E-state index >= 15 is 0 Å². The molecule has 0 aromatic rings. The van der Waals surface area contributed by atoms with Crippen molar-refractivity contribution in [2.75, 3.05) is 7.11 Å². The van der Waals surface area contributed by atoms with Gasteiger partial charge in [-0.1, -0.05) is 19.9 Å². The summed E-state index contributed by atoms with van der Waals surface area (Å²) in [5.41, 5.74) is 0.930. The van der Waals surface area contributed by atoms with Crippen molar-refractivity contribution in [2.45, 2.75) is 40.0 Å². The van der Waals surface area contributed by atoms with E-state index in [0.717, 1.165) is 24.8 Å². The van der Waals surface area contributed by atoms with Crippen LogP contribution in [-0.4, -0.2) is 18.9 Å². The molecule has 0 radical (unpaired) electrons. The van der Waals surface area contributed by atoms with Gasteiger partial charge in [-0.2, -0.15) is 0 Å². The predicted octanol–water partition coefficient (Wildman–Crippen LogP) is 2.75. The number of hydrogen-bond donors (Lipinski definition) is 0. The number of rotatable bonds is 1. The van der Waals surface area contributed by atoms with Gasteiger partial charge in [-0.3, -0.25) is 9.59 Å². The predicted molar refractivity (Wildman–Crippen MR) is 68.9 cm³/mol. The van der Waals surface area contributed by atoms with Crippen LogP contribution in [0.3, 0.4) is 0 Å². The molecule has 0 N–H and O–H groups in total. The average molecular weight is 250 g/mol. The Morgan fingerprint density at radius 1 is 1.44 bits per heavy atom. The number of Topliss-reactive ketones (excluding diaryl/α,β-unsaturated/α-hetero) is 1. The minimum absolute atomic E-state index is 0.00264. The Morgan fingerprint density at radius 2 is 2.11 bits per heavy atom. The summed E-state index contributed by atoms with van der Waals surface area (Å²) in [6.45, 7) is 6.23. The van der Waals surface area contributed by atoms with Crippen molar-refractivity contribution in [3.8, 4) is 0 Å². The van der Waals surface area contributed by atoms with Crippen molar-refractivity contribution < 1.29 is 14.3 Å². The fourth-order valence-corrected chi connectivity index (χ4v) is 3.47. The lowest BCUT2D eigenvalue weighted by atomic mass is 9.59. The number of fused-ring (bicyclic) bond motifs is 1. The number of hydrogen-bond acceptors (Lipinski definition) is 3. The molecule has 0 bridgehead atoms. The molecule has 2 aliphatic rings. The van der Waals surface area contributed by atoms with Crippen molar-refractivity contribution in [1.82, 2.24) is 0 Å². The average Bonchev–Trinajstić information content (AvgIpc) is 2.32. The van der Waals surface area contributed by atoms with Gasteiger partial charge in [0.1, 0.15) is 0 Å². The van der Waals surface area contributed by atoms with Crippen LogP contribution in [0.2, 0.25) is 0 Å². The van der Waals surface area contributed by atoms with Crippen LogP contribution < -0.4 is 0 Å². The van der Waals surface area contributed by atoms with Crippen molar-refractivity contribution in [1.29, 1.82) is 0 Å². The number of carbonyl (C=O) groups is 2. The van der Waals surface area contributed by atoms with Crippen LogP contribution in [0, 0.1) is 23.2 Å². The highest BCUT2D eigenvalue weighted by molar-refractivity contribution is 5.99. The first kappa shape index (κ1) is 13.3. The first-order chi connectivity index (χ1) is 8.35. The molecule has 1 saturated carbocycles. The van der Waals surface area contributed by atoms with Gasteiger partial charge in [-0.15, -0.1) is 0 Å². The SMILES string of the molecule is COC(=O)[C@@H]1C=C(C)C(=O)C2CC(C)(C)CC[C@@H]21. The Morgan fingerprint density at radius 3 is 2.72 bits per heavy atom. The third-order valence-electron chi connectivity index (χ3n) is 4.53. The molecular formula is C15H22O3. The van der Waals surface area contributed by atoms with Crippen molar-refractivity contribution >= 4 is 11.8 Å². The summed E-state index contributed by atoms with van der Waals surface area (Å²) in [5, 5.41) is 0. The fourth-order valence-electron chi connectivity index (χ4n) is 3.47. The normalized spacial score (nSPS) is 34.6. The van der Waals surface area contributed by atoms with E-state index in [9.17, 15) is 9.59 Å². The number of carbonyl (C=O) groups excluding carboxylic acids is 2. The van der Waals surface area contributed by atoms with Gasteiger partial charge in [0.25, 0.3) is 0 Å². The van der Waals surface area contributed by atoms with E-state index in [1.165, 1.54) is 7.11 Å². The molecule has 2 aliphatic carbocycles. The molecule has 0 amide bonds. The molecule has 0 aromatic heterocycles. The van der Waals surface area contributed by atoms with E-state index in [-0.39, 0.29) is 34.9 Å². The van der Waals surface area contributed by atoms with Gasteiger partial charge in [0, 0.05) is 5.92 Å². The molecule has 2 rings (SSSR count). The summed E-state index contributed by atoms with van der Waals surface area (Å²) in [5.74, 6) is -0.0530. The van der Waals surface area contributed by atoms with Gasteiger partial charge in [0.15, 0.2) is 5.78 Å². The molecule has 1 unspecified atom stereocenters. The van der Waals surface area contributed by atoms with Gasteiger partial charge < -0.3 is 4.74 Å². The summed E-state index contributed by atoms with van der Waals surface area (Å²) in [6.07, 6.45) is 4.71. The van der Waals surface area contributed by atoms with Crippen molar-refractivity contribution in [2.24, 2.45) is 23.2 Å². The first-order valence-corrected chi connectivity index (χ1v) is 6.66. The molecule has 3 atom stereocenters. The molecule has 100 valence electrons. The van der Waals surface area contributed by atoms with E-state index in [0.29, 0.717) is 0 Å². The maximum absolute atomic E-state index is 12.3. The second-order valence-corrected chi connectivity index (χ2v) is 6.44. The molecule has 0 saturated heterocycles. The maximum Gasteiger partial charge on any atom is 0.312 e. The van der Waals surface area contributed by atoms with Crippen LogP contribution >= 0.6 is 0 Å². The summed E-state index contributed by atoms with van der Waals surface area (Å²) in [6, 6.07) is 0. The Labute approximate surface area is 109 Å².